The molecule has 3 amide bonds. The van der Waals surface area contributed by atoms with Gasteiger partial charge in [0.1, 0.15) is 11.5 Å². The minimum absolute atomic E-state index is 0.00790. The lowest BCUT2D eigenvalue weighted by molar-refractivity contribution is -0.123. The van der Waals surface area contributed by atoms with Gasteiger partial charge in [-0.25, -0.2) is 9.59 Å². The van der Waals surface area contributed by atoms with Crippen molar-refractivity contribution < 1.29 is 23.5 Å². The molecular formula is C17H13BrN2O5. The van der Waals surface area contributed by atoms with E-state index in [1.54, 1.807) is 6.08 Å². The van der Waals surface area contributed by atoms with Gasteiger partial charge in [-0.1, -0.05) is 34.1 Å². The number of furan rings is 1. The molecule has 1 aliphatic rings. The molecule has 0 atom stereocenters. The fraction of sp³-hybridized carbons (Fsp3) is 0.118. The number of benzene rings is 1. The molecule has 25 heavy (non-hydrogen) atoms. The molecule has 0 aliphatic carbocycles. The lowest BCUT2D eigenvalue weighted by atomic mass is 10.2. The summed E-state index contributed by atoms with van der Waals surface area (Å²) in [6.45, 7) is -0.0883. The van der Waals surface area contributed by atoms with Crippen molar-refractivity contribution in [2.24, 2.45) is 0 Å². The second-order valence-electron chi connectivity index (χ2n) is 5.16. The molecule has 2 heterocycles. The van der Waals surface area contributed by atoms with Gasteiger partial charge in [0.15, 0.2) is 0 Å². The fourth-order valence-electron chi connectivity index (χ4n) is 2.29. The van der Waals surface area contributed by atoms with Gasteiger partial charge in [-0.3, -0.25) is 9.69 Å². The van der Waals surface area contributed by atoms with E-state index in [1.165, 1.54) is 19.2 Å². The summed E-state index contributed by atoms with van der Waals surface area (Å²) in [7, 11) is 1.24. The number of rotatable bonds is 4. The fourth-order valence-corrected chi connectivity index (χ4v) is 2.69. The molecule has 1 aliphatic heterocycles. The van der Waals surface area contributed by atoms with Gasteiger partial charge >= 0.3 is 12.0 Å². The lowest BCUT2D eigenvalue weighted by Crippen LogP contribution is -2.30. The number of carbonyl (C=O) groups is 3. The van der Waals surface area contributed by atoms with Crippen LogP contribution >= 0.6 is 15.9 Å². The van der Waals surface area contributed by atoms with E-state index < -0.39 is 17.9 Å². The summed E-state index contributed by atoms with van der Waals surface area (Å²) in [4.78, 5) is 36.9. The van der Waals surface area contributed by atoms with Crippen LogP contribution in [-0.4, -0.2) is 29.9 Å². The Hall–Kier alpha value is -2.87. The highest BCUT2D eigenvalue weighted by molar-refractivity contribution is 9.10. The van der Waals surface area contributed by atoms with Crippen LogP contribution in [0, 0.1) is 0 Å². The minimum Gasteiger partial charge on any atom is -0.463 e. The first-order valence-corrected chi connectivity index (χ1v) is 8.05. The van der Waals surface area contributed by atoms with Gasteiger partial charge < -0.3 is 14.5 Å². The molecule has 128 valence electrons. The van der Waals surface area contributed by atoms with E-state index in [-0.39, 0.29) is 18.0 Å². The normalized spacial score (nSPS) is 15.6. The standard InChI is InChI=1S/C17H13BrN2O5/c1-24-16(22)14-7-6-11(25-14)9-20-15(21)13(19-17(20)23)8-10-4-2-3-5-12(10)18/h2-8H,9H2,1H3,(H,19,23). The Morgan fingerprint density at radius 1 is 1.28 bits per heavy atom. The van der Waals surface area contributed by atoms with E-state index in [2.05, 4.69) is 26.0 Å². The number of imide groups is 1. The molecule has 7 nitrogen and oxygen atoms in total. The second-order valence-corrected chi connectivity index (χ2v) is 6.01. The first-order chi connectivity index (χ1) is 12.0. The quantitative estimate of drug-likeness (QED) is 0.480. The zero-order chi connectivity index (χ0) is 18.0. The van der Waals surface area contributed by atoms with Gasteiger partial charge in [-0.05, 0) is 29.8 Å². The number of esters is 1. The number of hydrogen-bond acceptors (Lipinski definition) is 5. The van der Waals surface area contributed by atoms with Crippen LogP contribution < -0.4 is 5.32 Å². The smallest absolute Gasteiger partial charge is 0.373 e. The summed E-state index contributed by atoms with van der Waals surface area (Å²) in [5.74, 6) is -0.797. The molecular weight excluding hydrogens is 392 g/mol. The first kappa shape index (κ1) is 17.0. The van der Waals surface area contributed by atoms with E-state index in [0.717, 1.165) is 14.9 Å². The van der Waals surface area contributed by atoms with Crippen LogP contribution in [0.25, 0.3) is 6.08 Å². The highest BCUT2D eigenvalue weighted by Crippen LogP contribution is 2.22. The molecule has 1 aromatic carbocycles. The Balaban J connectivity index is 1.79. The Morgan fingerprint density at radius 3 is 2.76 bits per heavy atom. The zero-order valence-corrected chi connectivity index (χ0v) is 14.7. The van der Waals surface area contributed by atoms with Crippen molar-refractivity contribution in [3.8, 4) is 0 Å². The number of urea groups is 1. The van der Waals surface area contributed by atoms with E-state index >= 15 is 0 Å². The number of nitrogens with one attached hydrogen (secondary N) is 1. The highest BCUT2D eigenvalue weighted by atomic mass is 79.9. The van der Waals surface area contributed by atoms with Gasteiger partial charge in [0.05, 0.1) is 13.7 Å². The Labute approximate surface area is 151 Å². The predicted molar refractivity (Wildman–Crippen MR) is 91.2 cm³/mol. The Bertz CT molecular complexity index is 887. The number of nitrogens with zero attached hydrogens (tertiary/aromatic N) is 1. The summed E-state index contributed by atoms with van der Waals surface area (Å²) in [6, 6.07) is 9.71. The van der Waals surface area contributed by atoms with Crippen LogP contribution in [0.15, 0.2) is 51.0 Å². The molecule has 0 spiro atoms. The average Bonchev–Trinajstić information content (AvgIpc) is 3.17. The summed E-state index contributed by atoms with van der Waals surface area (Å²) in [5, 5.41) is 2.53. The molecule has 1 fully saturated rings. The molecule has 1 saturated heterocycles. The van der Waals surface area contributed by atoms with E-state index in [4.69, 9.17) is 4.42 Å². The number of methoxy groups -OCH3 is 1. The Kier molecular flexibility index (Phi) is 4.71. The summed E-state index contributed by atoms with van der Waals surface area (Å²) < 4.78 is 10.6. The van der Waals surface area contributed by atoms with Crippen molar-refractivity contribution in [2.45, 2.75) is 6.54 Å². The molecule has 1 aromatic heterocycles. The predicted octanol–water partition coefficient (Wildman–Crippen LogP) is 2.92. The topological polar surface area (TPSA) is 88.9 Å². The Morgan fingerprint density at radius 2 is 2.04 bits per heavy atom. The minimum atomic E-state index is -0.627. The van der Waals surface area contributed by atoms with E-state index in [0.29, 0.717) is 5.76 Å². The van der Waals surface area contributed by atoms with Gasteiger partial charge in [0.2, 0.25) is 5.76 Å². The molecule has 1 N–H and O–H groups in total. The number of carbonyl (C=O) groups excluding carboxylic acids is 3. The monoisotopic (exact) mass is 404 g/mol. The number of halogens is 1. The second kappa shape index (κ2) is 6.94. The van der Waals surface area contributed by atoms with E-state index in [1.807, 2.05) is 24.3 Å². The zero-order valence-electron chi connectivity index (χ0n) is 13.1. The van der Waals surface area contributed by atoms with Crippen molar-refractivity contribution in [2.75, 3.05) is 7.11 Å². The maximum absolute atomic E-state index is 12.5. The largest absolute Gasteiger partial charge is 0.463 e. The number of ether oxygens (including phenoxy) is 1. The van der Waals surface area contributed by atoms with Crippen molar-refractivity contribution >= 4 is 39.9 Å². The molecule has 8 heteroatoms. The third-order valence-corrected chi connectivity index (χ3v) is 4.25. The van der Waals surface area contributed by atoms with Crippen molar-refractivity contribution in [1.82, 2.24) is 10.2 Å². The van der Waals surface area contributed by atoms with Crippen LogP contribution in [-0.2, 0) is 16.1 Å². The van der Waals surface area contributed by atoms with Gasteiger partial charge in [0, 0.05) is 4.47 Å². The third-order valence-electron chi connectivity index (χ3n) is 3.53. The number of amides is 3. The molecule has 0 unspecified atom stereocenters. The third kappa shape index (κ3) is 3.48. The van der Waals surface area contributed by atoms with Gasteiger partial charge in [-0.15, -0.1) is 0 Å². The molecule has 0 radical (unpaired) electrons. The first-order valence-electron chi connectivity index (χ1n) is 7.25. The molecule has 3 rings (SSSR count). The summed E-state index contributed by atoms with van der Waals surface area (Å²) >= 11 is 3.39. The molecule has 0 saturated carbocycles. The van der Waals surface area contributed by atoms with Crippen LogP contribution in [0.1, 0.15) is 21.9 Å². The maximum Gasteiger partial charge on any atom is 0.373 e. The van der Waals surface area contributed by atoms with Gasteiger partial charge in [-0.2, -0.15) is 0 Å². The van der Waals surface area contributed by atoms with Crippen LogP contribution in [0.5, 0.6) is 0 Å². The van der Waals surface area contributed by atoms with Crippen LogP contribution in [0.3, 0.4) is 0 Å². The average molecular weight is 405 g/mol. The molecule has 0 bridgehead atoms. The SMILES string of the molecule is COC(=O)c1ccc(CN2C(=O)NC(=Cc3ccccc3Br)C2=O)o1. The molecule has 2 aromatic rings. The number of hydrogen-bond donors (Lipinski definition) is 1. The van der Waals surface area contributed by atoms with Crippen molar-refractivity contribution in [3.63, 3.8) is 0 Å². The van der Waals surface area contributed by atoms with Crippen LogP contribution in [0.4, 0.5) is 4.79 Å². The summed E-state index contributed by atoms with van der Waals surface area (Å²) in [5.41, 5.74) is 0.927. The summed E-state index contributed by atoms with van der Waals surface area (Å²) in [6.07, 6.45) is 1.59. The van der Waals surface area contributed by atoms with Crippen molar-refractivity contribution in [3.05, 3.63) is 63.7 Å². The lowest BCUT2D eigenvalue weighted by Gasteiger charge is -2.09. The highest BCUT2D eigenvalue weighted by Gasteiger charge is 2.34. The van der Waals surface area contributed by atoms with Gasteiger partial charge in [0.25, 0.3) is 5.91 Å². The van der Waals surface area contributed by atoms with Crippen molar-refractivity contribution in [1.29, 1.82) is 0 Å². The van der Waals surface area contributed by atoms with Crippen LogP contribution in [0.2, 0.25) is 0 Å². The maximum atomic E-state index is 12.5. The van der Waals surface area contributed by atoms with E-state index in [9.17, 15) is 14.4 Å².